The fourth-order valence-electron chi connectivity index (χ4n) is 2.86. The third kappa shape index (κ3) is 3.51. The van der Waals surface area contributed by atoms with Crippen molar-refractivity contribution in [3.05, 3.63) is 28.7 Å². The number of aromatic nitrogens is 3. The molecule has 3 nitrogen and oxygen atoms in total. The van der Waals surface area contributed by atoms with E-state index in [1.807, 2.05) is 30.0 Å². The fraction of sp³-hybridized carbons (Fsp3) is 0.500. The lowest BCUT2D eigenvalue weighted by Gasteiger charge is -2.20. The van der Waals surface area contributed by atoms with Crippen molar-refractivity contribution < 1.29 is 0 Å². The summed E-state index contributed by atoms with van der Waals surface area (Å²) < 4.78 is 3.16. The molecule has 1 aliphatic rings. The molecule has 1 aromatic heterocycles. The first kappa shape index (κ1) is 15.1. The summed E-state index contributed by atoms with van der Waals surface area (Å²) in [6.45, 7) is 0. The first-order chi connectivity index (χ1) is 10.3. The molecule has 0 radical (unpaired) electrons. The summed E-state index contributed by atoms with van der Waals surface area (Å²) in [6, 6.07) is 8.16. The summed E-state index contributed by atoms with van der Waals surface area (Å²) in [5.74, 6) is 2.95. The van der Waals surface area contributed by atoms with Gasteiger partial charge in [0, 0.05) is 22.8 Å². The smallest absolute Gasteiger partial charge is 0.191 e. The molecule has 0 N–H and O–H groups in total. The average Bonchev–Trinajstić information content (AvgIpc) is 2.88. The van der Waals surface area contributed by atoms with Gasteiger partial charge in [-0.1, -0.05) is 65.2 Å². The van der Waals surface area contributed by atoms with Crippen molar-refractivity contribution in [1.29, 1.82) is 0 Å². The van der Waals surface area contributed by atoms with E-state index in [0.29, 0.717) is 0 Å². The Morgan fingerprint density at radius 1 is 1.19 bits per heavy atom. The second-order valence-electron chi connectivity index (χ2n) is 5.66. The van der Waals surface area contributed by atoms with Crippen LogP contribution in [0.4, 0.5) is 0 Å². The summed E-state index contributed by atoms with van der Waals surface area (Å²) in [6.07, 6.45) is 6.96. The average molecular weight is 366 g/mol. The molecule has 0 saturated heterocycles. The van der Waals surface area contributed by atoms with Gasteiger partial charge in [0.25, 0.3) is 0 Å². The Labute approximate surface area is 138 Å². The van der Waals surface area contributed by atoms with Gasteiger partial charge in [-0.25, -0.2) is 0 Å². The predicted octanol–water partition coefficient (Wildman–Crippen LogP) is 4.92. The van der Waals surface area contributed by atoms with Gasteiger partial charge in [0.1, 0.15) is 0 Å². The van der Waals surface area contributed by atoms with Crippen molar-refractivity contribution in [2.24, 2.45) is 13.0 Å². The minimum Gasteiger partial charge on any atom is -0.305 e. The third-order valence-corrected chi connectivity index (χ3v) is 6.07. The zero-order chi connectivity index (χ0) is 14.7. The number of hydrogen-bond donors (Lipinski definition) is 0. The van der Waals surface area contributed by atoms with Crippen LogP contribution in [-0.4, -0.2) is 20.5 Å². The lowest BCUT2D eigenvalue weighted by molar-refractivity contribution is 0.390. The molecule has 3 rings (SSSR count). The molecule has 1 saturated carbocycles. The number of nitrogens with zero attached hydrogens (tertiary/aromatic N) is 3. The molecule has 0 amide bonds. The second-order valence-corrected chi connectivity index (χ2v) is 7.50. The Kier molecular flexibility index (Phi) is 5.01. The molecule has 0 aliphatic heterocycles. The summed E-state index contributed by atoms with van der Waals surface area (Å²) in [5, 5.41) is 9.77. The van der Waals surface area contributed by atoms with Gasteiger partial charge in [-0.05, 0) is 24.8 Å². The van der Waals surface area contributed by atoms with E-state index in [1.54, 1.807) is 0 Å². The first-order valence-corrected chi connectivity index (χ1v) is 9.30. The fourth-order valence-corrected chi connectivity index (χ4v) is 4.42. The number of hydrogen-bond acceptors (Lipinski definition) is 3. The van der Waals surface area contributed by atoms with Crippen LogP contribution >= 0.6 is 27.7 Å². The van der Waals surface area contributed by atoms with E-state index in [-0.39, 0.29) is 0 Å². The van der Waals surface area contributed by atoms with Crippen molar-refractivity contribution >= 4 is 27.7 Å². The number of benzene rings is 1. The Morgan fingerprint density at radius 3 is 2.71 bits per heavy atom. The Hall–Kier alpha value is -0.810. The van der Waals surface area contributed by atoms with Crippen LogP contribution in [0.3, 0.4) is 0 Å². The van der Waals surface area contributed by atoms with Crippen molar-refractivity contribution in [2.75, 3.05) is 5.75 Å². The highest BCUT2D eigenvalue weighted by Gasteiger charge is 2.17. The van der Waals surface area contributed by atoms with Crippen LogP contribution in [0.25, 0.3) is 11.4 Å². The van der Waals surface area contributed by atoms with Gasteiger partial charge in [-0.15, -0.1) is 10.2 Å². The van der Waals surface area contributed by atoms with Crippen LogP contribution in [-0.2, 0) is 7.05 Å². The van der Waals surface area contributed by atoms with Gasteiger partial charge in [-0.3, -0.25) is 0 Å². The third-order valence-electron chi connectivity index (χ3n) is 4.12. The lowest BCUT2D eigenvalue weighted by Crippen LogP contribution is -2.09. The Morgan fingerprint density at radius 2 is 1.95 bits per heavy atom. The first-order valence-electron chi connectivity index (χ1n) is 7.53. The van der Waals surface area contributed by atoms with E-state index in [1.165, 1.54) is 37.9 Å². The maximum atomic E-state index is 4.37. The predicted molar refractivity (Wildman–Crippen MR) is 91.4 cm³/mol. The van der Waals surface area contributed by atoms with E-state index < -0.39 is 0 Å². The van der Waals surface area contributed by atoms with Crippen molar-refractivity contribution in [3.8, 4) is 11.4 Å². The molecule has 5 heteroatoms. The van der Waals surface area contributed by atoms with Crippen molar-refractivity contribution in [2.45, 2.75) is 37.3 Å². The zero-order valence-electron chi connectivity index (χ0n) is 12.3. The van der Waals surface area contributed by atoms with Gasteiger partial charge in [0.15, 0.2) is 11.0 Å². The highest BCUT2D eigenvalue weighted by atomic mass is 79.9. The van der Waals surface area contributed by atoms with Crippen LogP contribution in [0.2, 0.25) is 0 Å². The van der Waals surface area contributed by atoms with E-state index in [2.05, 4.69) is 43.8 Å². The highest BCUT2D eigenvalue weighted by Crippen LogP contribution is 2.32. The van der Waals surface area contributed by atoms with E-state index in [0.717, 1.165) is 26.9 Å². The van der Waals surface area contributed by atoms with Crippen LogP contribution in [0.1, 0.15) is 32.1 Å². The van der Waals surface area contributed by atoms with E-state index in [4.69, 9.17) is 0 Å². The van der Waals surface area contributed by atoms with Gasteiger partial charge in [0.2, 0.25) is 0 Å². The molecule has 1 fully saturated rings. The van der Waals surface area contributed by atoms with Gasteiger partial charge in [0.05, 0.1) is 0 Å². The van der Waals surface area contributed by atoms with Crippen molar-refractivity contribution in [3.63, 3.8) is 0 Å². The Bertz CT molecular complexity index is 605. The standard InChI is InChI=1S/C16H20BrN3S/c1-20-15(13-9-5-6-10-14(13)17)18-19-16(20)21-11-12-7-3-2-4-8-12/h5-6,9-10,12H,2-4,7-8,11H2,1H3. The van der Waals surface area contributed by atoms with Crippen LogP contribution < -0.4 is 0 Å². The van der Waals surface area contributed by atoms with Gasteiger partial charge >= 0.3 is 0 Å². The molecule has 0 unspecified atom stereocenters. The SMILES string of the molecule is Cn1c(SCC2CCCCC2)nnc1-c1ccccc1Br. The molecular formula is C16H20BrN3S. The summed E-state index contributed by atoms with van der Waals surface area (Å²) >= 11 is 5.44. The molecule has 2 aromatic rings. The largest absolute Gasteiger partial charge is 0.305 e. The maximum absolute atomic E-state index is 4.37. The topological polar surface area (TPSA) is 30.7 Å². The second kappa shape index (κ2) is 6.97. The molecule has 1 heterocycles. The molecule has 0 bridgehead atoms. The molecule has 21 heavy (non-hydrogen) atoms. The minimum absolute atomic E-state index is 0.854. The zero-order valence-corrected chi connectivity index (χ0v) is 14.7. The Balaban J connectivity index is 1.72. The summed E-state index contributed by atoms with van der Waals surface area (Å²) in [7, 11) is 2.05. The molecule has 1 aromatic carbocycles. The summed E-state index contributed by atoms with van der Waals surface area (Å²) in [5.41, 5.74) is 1.09. The quantitative estimate of drug-likeness (QED) is 0.720. The van der Waals surface area contributed by atoms with Gasteiger partial charge < -0.3 is 4.57 Å². The van der Waals surface area contributed by atoms with Crippen LogP contribution in [0.15, 0.2) is 33.9 Å². The summed E-state index contributed by atoms with van der Waals surface area (Å²) in [4.78, 5) is 0. The lowest BCUT2D eigenvalue weighted by atomic mass is 9.91. The minimum atomic E-state index is 0.854. The van der Waals surface area contributed by atoms with E-state index >= 15 is 0 Å². The monoisotopic (exact) mass is 365 g/mol. The number of thioether (sulfide) groups is 1. The van der Waals surface area contributed by atoms with Crippen LogP contribution in [0.5, 0.6) is 0 Å². The molecule has 0 spiro atoms. The molecule has 0 atom stereocenters. The van der Waals surface area contributed by atoms with Crippen molar-refractivity contribution in [1.82, 2.24) is 14.8 Å². The van der Waals surface area contributed by atoms with E-state index in [9.17, 15) is 0 Å². The molecule has 1 aliphatic carbocycles. The molecular weight excluding hydrogens is 346 g/mol. The van der Waals surface area contributed by atoms with Gasteiger partial charge in [-0.2, -0.15) is 0 Å². The molecule has 112 valence electrons. The maximum Gasteiger partial charge on any atom is 0.191 e. The number of rotatable bonds is 4. The van der Waals surface area contributed by atoms with Crippen LogP contribution in [0, 0.1) is 5.92 Å². The normalized spacial score (nSPS) is 16.3. The number of halogens is 1. The highest BCUT2D eigenvalue weighted by molar-refractivity contribution is 9.10.